The van der Waals surface area contributed by atoms with Crippen molar-refractivity contribution < 1.29 is 19.4 Å². The highest BCUT2D eigenvalue weighted by Crippen LogP contribution is 2.13. The fraction of sp³-hybridized carbons (Fsp3) is 0.381. The lowest BCUT2D eigenvalue weighted by atomic mass is 9.97. The molecule has 0 bridgehead atoms. The summed E-state index contributed by atoms with van der Waals surface area (Å²) in [5, 5.41) is 13.8. The summed E-state index contributed by atoms with van der Waals surface area (Å²) in [6, 6.07) is 15.6. The van der Waals surface area contributed by atoms with E-state index in [1.165, 1.54) is 0 Å². The van der Waals surface area contributed by atoms with E-state index < -0.39 is 24.2 Å². The van der Waals surface area contributed by atoms with Gasteiger partial charge in [-0.15, -0.1) is 24.8 Å². The Morgan fingerprint density at radius 3 is 2.24 bits per heavy atom. The average molecular weight is 445 g/mol. The van der Waals surface area contributed by atoms with E-state index in [4.69, 9.17) is 15.2 Å². The summed E-state index contributed by atoms with van der Waals surface area (Å²) in [6.45, 7) is 2.36. The molecule has 0 spiro atoms. The van der Waals surface area contributed by atoms with Gasteiger partial charge >= 0.3 is 5.97 Å². The summed E-state index contributed by atoms with van der Waals surface area (Å²) < 4.78 is 10.3. The van der Waals surface area contributed by atoms with Crippen LogP contribution in [0.2, 0.25) is 0 Å². The highest BCUT2D eigenvalue weighted by molar-refractivity contribution is 5.85. The van der Waals surface area contributed by atoms with Crippen molar-refractivity contribution in [1.29, 1.82) is 0 Å². The predicted octanol–water partition coefficient (Wildman–Crippen LogP) is 2.49. The zero-order chi connectivity index (χ0) is 19.6. The molecule has 0 aromatic heterocycles. The summed E-state index contributed by atoms with van der Waals surface area (Å²) in [5.74, 6) is 0.243. The zero-order valence-corrected chi connectivity index (χ0v) is 18.2. The van der Waals surface area contributed by atoms with Gasteiger partial charge in [0.1, 0.15) is 11.8 Å². The van der Waals surface area contributed by atoms with E-state index in [-0.39, 0.29) is 31.4 Å². The number of halogens is 2. The molecule has 2 aromatic rings. The van der Waals surface area contributed by atoms with Crippen LogP contribution in [0.25, 0.3) is 0 Å². The van der Waals surface area contributed by atoms with Gasteiger partial charge < -0.3 is 20.3 Å². The second kappa shape index (κ2) is 14.2. The smallest absolute Gasteiger partial charge is 0.325 e. The Balaban J connectivity index is 0.00000392. The molecule has 4 N–H and O–H groups in total. The van der Waals surface area contributed by atoms with Crippen LogP contribution in [0.1, 0.15) is 18.1 Å². The van der Waals surface area contributed by atoms with E-state index in [0.29, 0.717) is 13.0 Å². The molecule has 0 aliphatic rings. The number of aliphatic hydroxyl groups excluding tert-OH is 1. The van der Waals surface area contributed by atoms with Crippen LogP contribution in [0, 0.1) is 0 Å². The second-order valence-corrected chi connectivity index (χ2v) is 6.30. The number of carbonyl (C=O) groups excluding carboxylic acids is 1. The first-order valence-corrected chi connectivity index (χ1v) is 9.05. The third kappa shape index (κ3) is 8.60. The minimum atomic E-state index is -1.08. The van der Waals surface area contributed by atoms with E-state index in [2.05, 4.69) is 5.32 Å². The Morgan fingerprint density at radius 2 is 1.69 bits per heavy atom. The molecular weight excluding hydrogens is 415 g/mol. The standard InChI is InChI=1S/C21H28N2O4.2ClH/c1-3-27-21(25)19(23-14-16-9-11-17(26-2)12-10-16)20(24)18(22)13-15-7-5-4-6-8-15;;/h4-12,18-20,23-24H,3,13-14,22H2,1-2H3;2*1H/t18-,19+,20-;;/m0../s1. The Bertz CT molecular complexity index is 702. The molecule has 0 aliphatic carbocycles. The number of rotatable bonds is 10. The van der Waals surface area contributed by atoms with Crippen LogP contribution >= 0.6 is 24.8 Å². The second-order valence-electron chi connectivity index (χ2n) is 6.30. The number of methoxy groups -OCH3 is 1. The monoisotopic (exact) mass is 444 g/mol. The number of hydrogen-bond donors (Lipinski definition) is 3. The van der Waals surface area contributed by atoms with Crippen LogP contribution in [-0.4, -0.2) is 43.0 Å². The van der Waals surface area contributed by atoms with Gasteiger partial charge in [-0.2, -0.15) is 0 Å². The van der Waals surface area contributed by atoms with Crippen molar-refractivity contribution in [3.05, 3.63) is 65.7 Å². The van der Waals surface area contributed by atoms with Gasteiger partial charge in [0, 0.05) is 12.6 Å². The number of ether oxygens (including phenoxy) is 2. The molecule has 2 rings (SSSR count). The number of hydrogen-bond acceptors (Lipinski definition) is 6. The zero-order valence-electron chi connectivity index (χ0n) is 16.6. The van der Waals surface area contributed by atoms with Gasteiger partial charge in [0.25, 0.3) is 0 Å². The SMILES string of the molecule is CCOC(=O)[C@H](NCc1ccc(OC)cc1)[C@@H](O)[C@@H](N)Cc1ccccc1.Cl.Cl. The minimum Gasteiger partial charge on any atom is -0.497 e. The highest BCUT2D eigenvalue weighted by Gasteiger charge is 2.32. The molecule has 0 unspecified atom stereocenters. The largest absolute Gasteiger partial charge is 0.497 e. The van der Waals surface area contributed by atoms with Gasteiger partial charge in [0.2, 0.25) is 0 Å². The predicted molar refractivity (Wildman–Crippen MR) is 119 cm³/mol. The average Bonchev–Trinajstić information content (AvgIpc) is 2.69. The highest BCUT2D eigenvalue weighted by atomic mass is 35.5. The number of benzene rings is 2. The van der Waals surface area contributed by atoms with Crippen LogP contribution in [-0.2, 0) is 22.5 Å². The molecule has 0 heterocycles. The lowest BCUT2D eigenvalue weighted by Crippen LogP contribution is -2.54. The molecule has 8 heteroatoms. The van der Waals surface area contributed by atoms with Crippen molar-refractivity contribution in [1.82, 2.24) is 5.32 Å². The lowest BCUT2D eigenvalue weighted by molar-refractivity contribution is -0.149. The van der Waals surface area contributed by atoms with Gasteiger partial charge in [0.05, 0.1) is 19.8 Å². The van der Waals surface area contributed by atoms with E-state index in [9.17, 15) is 9.90 Å². The fourth-order valence-corrected chi connectivity index (χ4v) is 2.80. The molecule has 0 saturated heterocycles. The van der Waals surface area contributed by atoms with Crippen molar-refractivity contribution in [2.75, 3.05) is 13.7 Å². The van der Waals surface area contributed by atoms with E-state index >= 15 is 0 Å². The number of nitrogens with two attached hydrogens (primary N) is 1. The van der Waals surface area contributed by atoms with Gasteiger partial charge in [-0.1, -0.05) is 42.5 Å². The first kappa shape index (κ1) is 27.2. The fourth-order valence-electron chi connectivity index (χ4n) is 2.80. The Kier molecular flexibility index (Phi) is 13.3. The van der Waals surface area contributed by atoms with Crippen LogP contribution in [0.4, 0.5) is 0 Å². The Hall–Kier alpha value is -1.83. The molecule has 0 radical (unpaired) electrons. The summed E-state index contributed by atoms with van der Waals surface area (Å²) in [6.07, 6.45) is -0.621. The van der Waals surface area contributed by atoms with Gasteiger partial charge in [0.15, 0.2) is 0 Å². The molecule has 0 amide bonds. The van der Waals surface area contributed by atoms with Crippen molar-refractivity contribution in [2.24, 2.45) is 5.73 Å². The molecule has 0 aliphatic heterocycles. The number of carbonyl (C=O) groups is 1. The normalized spacial score (nSPS) is 13.2. The van der Waals surface area contributed by atoms with E-state index in [1.807, 2.05) is 54.6 Å². The topological polar surface area (TPSA) is 93.8 Å². The number of esters is 1. The van der Waals surface area contributed by atoms with Crippen LogP contribution in [0.5, 0.6) is 5.75 Å². The third-order valence-electron chi connectivity index (χ3n) is 4.32. The van der Waals surface area contributed by atoms with E-state index in [1.54, 1.807) is 14.0 Å². The van der Waals surface area contributed by atoms with Crippen molar-refractivity contribution >= 4 is 30.8 Å². The lowest BCUT2D eigenvalue weighted by Gasteiger charge is -2.27. The minimum absolute atomic E-state index is 0. The maximum absolute atomic E-state index is 12.3. The maximum atomic E-state index is 12.3. The molecule has 29 heavy (non-hydrogen) atoms. The molecule has 0 fully saturated rings. The van der Waals surface area contributed by atoms with Crippen LogP contribution < -0.4 is 15.8 Å². The summed E-state index contributed by atoms with van der Waals surface area (Å²) in [5.41, 5.74) is 8.13. The number of aliphatic hydroxyl groups is 1. The summed E-state index contributed by atoms with van der Waals surface area (Å²) in [4.78, 5) is 12.3. The number of nitrogens with one attached hydrogen (secondary N) is 1. The van der Waals surface area contributed by atoms with Gasteiger partial charge in [-0.25, -0.2) is 0 Å². The van der Waals surface area contributed by atoms with Gasteiger partial charge in [-0.05, 0) is 36.6 Å². The summed E-state index contributed by atoms with van der Waals surface area (Å²) in [7, 11) is 1.61. The first-order valence-electron chi connectivity index (χ1n) is 9.05. The molecule has 162 valence electrons. The molecule has 3 atom stereocenters. The van der Waals surface area contributed by atoms with Crippen LogP contribution in [0.15, 0.2) is 54.6 Å². The first-order chi connectivity index (χ1) is 13.0. The third-order valence-corrected chi connectivity index (χ3v) is 4.32. The van der Waals surface area contributed by atoms with E-state index in [0.717, 1.165) is 16.9 Å². The van der Waals surface area contributed by atoms with Crippen LogP contribution in [0.3, 0.4) is 0 Å². The molecule has 0 saturated carbocycles. The molecule has 6 nitrogen and oxygen atoms in total. The van der Waals surface area contributed by atoms with Crippen molar-refractivity contribution in [3.8, 4) is 5.75 Å². The molecule has 2 aromatic carbocycles. The maximum Gasteiger partial charge on any atom is 0.325 e. The Labute approximate surface area is 184 Å². The molecular formula is C21H30Cl2N2O4. The van der Waals surface area contributed by atoms with Gasteiger partial charge in [-0.3, -0.25) is 10.1 Å². The van der Waals surface area contributed by atoms with Crippen molar-refractivity contribution in [3.63, 3.8) is 0 Å². The van der Waals surface area contributed by atoms with Crippen molar-refractivity contribution in [2.45, 2.75) is 38.1 Å². The quantitative estimate of drug-likeness (QED) is 0.487. The summed E-state index contributed by atoms with van der Waals surface area (Å²) >= 11 is 0. The Morgan fingerprint density at radius 1 is 1.07 bits per heavy atom.